The third kappa shape index (κ3) is 2.94. The molecule has 1 aliphatic rings. The van der Waals surface area contributed by atoms with Crippen molar-refractivity contribution >= 4 is 16.7 Å². The summed E-state index contributed by atoms with van der Waals surface area (Å²) in [6.07, 6.45) is 0.887. The van der Waals surface area contributed by atoms with Crippen LogP contribution in [0.4, 0.5) is 5.82 Å². The van der Waals surface area contributed by atoms with Crippen LogP contribution in [-0.4, -0.2) is 49.7 Å². The minimum atomic E-state index is 0.666. The van der Waals surface area contributed by atoms with Gasteiger partial charge in [0.05, 0.1) is 5.52 Å². The number of aromatic nitrogens is 1. The average Bonchev–Trinajstić information content (AvgIpc) is 2.48. The van der Waals surface area contributed by atoms with Crippen molar-refractivity contribution in [3.63, 3.8) is 0 Å². The lowest BCUT2D eigenvalue weighted by Gasteiger charge is -2.34. The van der Waals surface area contributed by atoms with Crippen LogP contribution in [0.5, 0.6) is 0 Å². The summed E-state index contributed by atoms with van der Waals surface area (Å²) in [5.74, 6) is 1.14. The summed E-state index contributed by atoms with van der Waals surface area (Å²) in [6, 6.07) is 6.72. The summed E-state index contributed by atoms with van der Waals surface area (Å²) in [4.78, 5) is 9.80. The first-order chi connectivity index (χ1) is 10.6. The van der Waals surface area contributed by atoms with Crippen molar-refractivity contribution < 1.29 is 0 Å². The molecule has 0 aliphatic carbocycles. The van der Waals surface area contributed by atoms with Crippen LogP contribution in [0.3, 0.4) is 0 Å². The molecule has 1 fully saturated rings. The lowest BCUT2D eigenvalue weighted by atomic mass is 10.0. The number of piperazine rings is 1. The Bertz CT molecular complexity index is 672. The molecule has 0 saturated carbocycles. The first kappa shape index (κ1) is 15.3. The molecular formula is C18H26N4. The Labute approximate surface area is 132 Å². The molecule has 0 bridgehead atoms. The highest BCUT2D eigenvalue weighted by atomic mass is 15.3. The number of benzene rings is 1. The maximum Gasteiger partial charge on any atom is 0.132 e. The van der Waals surface area contributed by atoms with Crippen molar-refractivity contribution in [1.29, 1.82) is 0 Å². The molecule has 4 heteroatoms. The zero-order chi connectivity index (χ0) is 15.7. The molecule has 0 unspecified atom stereocenters. The third-order valence-corrected chi connectivity index (χ3v) is 4.56. The third-order valence-electron chi connectivity index (χ3n) is 4.56. The van der Waals surface area contributed by atoms with E-state index in [-0.39, 0.29) is 0 Å². The average molecular weight is 298 g/mol. The van der Waals surface area contributed by atoms with E-state index in [1.807, 2.05) is 0 Å². The lowest BCUT2D eigenvalue weighted by molar-refractivity contribution is 0.312. The smallest absolute Gasteiger partial charge is 0.132 e. The number of rotatable bonds is 3. The molecule has 0 spiro atoms. The van der Waals surface area contributed by atoms with Gasteiger partial charge in [0.2, 0.25) is 0 Å². The molecule has 22 heavy (non-hydrogen) atoms. The standard InChI is InChI=1S/C18H26N4/c1-13-10-14(2)16-12-15(4-5-19)18(20-17(16)11-13)22-8-6-21(3)7-9-22/h10-12H,4-9,19H2,1-3H3. The zero-order valence-corrected chi connectivity index (χ0v) is 13.9. The summed E-state index contributed by atoms with van der Waals surface area (Å²) in [6.45, 7) is 9.23. The fourth-order valence-electron chi connectivity index (χ4n) is 3.29. The van der Waals surface area contributed by atoms with Gasteiger partial charge < -0.3 is 15.5 Å². The van der Waals surface area contributed by atoms with Crippen LogP contribution in [-0.2, 0) is 6.42 Å². The molecule has 0 amide bonds. The summed E-state index contributed by atoms with van der Waals surface area (Å²) >= 11 is 0. The molecule has 0 radical (unpaired) electrons. The normalized spacial score (nSPS) is 16.5. The predicted molar refractivity (Wildman–Crippen MR) is 93.7 cm³/mol. The number of anilines is 1. The molecule has 0 atom stereocenters. The number of pyridine rings is 1. The molecule has 1 saturated heterocycles. The van der Waals surface area contributed by atoms with Gasteiger partial charge in [-0.2, -0.15) is 0 Å². The van der Waals surface area contributed by atoms with E-state index < -0.39 is 0 Å². The Kier molecular flexibility index (Phi) is 4.32. The highest BCUT2D eigenvalue weighted by molar-refractivity contribution is 5.85. The van der Waals surface area contributed by atoms with Crippen molar-refractivity contribution in [1.82, 2.24) is 9.88 Å². The second kappa shape index (κ2) is 6.23. The van der Waals surface area contributed by atoms with Gasteiger partial charge in [0.25, 0.3) is 0 Å². The van der Waals surface area contributed by atoms with Gasteiger partial charge in [-0.1, -0.05) is 6.07 Å². The number of likely N-dealkylation sites (N-methyl/N-ethyl adjacent to an activating group) is 1. The predicted octanol–water partition coefficient (Wildman–Crippen LogP) is 2.10. The highest BCUT2D eigenvalue weighted by Crippen LogP contribution is 2.27. The Morgan fingerprint density at radius 3 is 2.50 bits per heavy atom. The molecule has 4 nitrogen and oxygen atoms in total. The van der Waals surface area contributed by atoms with Crippen LogP contribution in [0.1, 0.15) is 16.7 Å². The van der Waals surface area contributed by atoms with E-state index in [0.29, 0.717) is 6.54 Å². The summed E-state index contributed by atoms with van der Waals surface area (Å²) in [5, 5.41) is 1.26. The minimum absolute atomic E-state index is 0.666. The molecule has 118 valence electrons. The van der Waals surface area contributed by atoms with E-state index in [2.05, 4.69) is 48.9 Å². The number of nitrogens with zero attached hydrogens (tertiary/aromatic N) is 3. The Hall–Kier alpha value is -1.65. The van der Waals surface area contributed by atoms with Crippen molar-refractivity contribution in [2.75, 3.05) is 44.7 Å². The van der Waals surface area contributed by atoms with Crippen LogP contribution < -0.4 is 10.6 Å². The molecule has 1 aromatic carbocycles. The van der Waals surface area contributed by atoms with Crippen LogP contribution in [0.2, 0.25) is 0 Å². The van der Waals surface area contributed by atoms with Gasteiger partial charge in [-0.3, -0.25) is 0 Å². The fourth-order valence-corrected chi connectivity index (χ4v) is 3.29. The van der Waals surface area contributed by atoms with Crippen molar-refractivity contribution in [2.24, 2.45) is 5.73 Å². The van der Waals surface area contributed by atoms with Crippen molar-refractivity contribution in [2.45, 2.75) is 20.3 Å². The topological polar surface area (TPSA) is 45.4 Å². The molecule has 2 heterocycles. The van der Waals surface area contributed by atoms with E-state index in [4.69, 9.17) is 10.7 Å². The molecule has 1 aromatic heterocycles. The molecule has 1 aliphatic heterocycles. The van der Waals surface area contributed by atoms with E-state index in [1.165, 1.54) is 22.1 Å². The van der Waals surface area contributed by atoms with Crippen LogP contribution in [0, 0.1) is 13.8 Å². The Morgan fingerprint density at radius 2 is 1.82 bits per heavy atom. The highest BCUT2D eigenvalue weighted by Gasteiger charge is 2.19. The lowest BCUT2D eigenvalue weighted by Crippen LogP contribution is -2.45. The van der Waals surface area contributed by atoms with Gasteiger partial charge in [-0.05, 0) is 62.7 Å². The number of aryl methyl sites for hydroxylation is 2. The second-order valence-corrected chi connectivity index (χ2v) is 6.45. The number of fused-ring (bicyclic) bond motifs is 1. The maximum atomic E-state index is 5.83. The first-order valence-corrected chi connectivity index (χ1v) is 8.13. The zero-order valence-electron chi connectivity index (χ0n) is 13.9. The Balaban J connectivity index is 2.08. The summed E-state index contributed by atoms with van der Waals surface area (Å²) < 4.78 is 0. The van der Waals surface area contributed by atoms with Crippen LogP contribution in [0.15, 0.2) is 18.2 Å². The molecule has 2 N–H and O–H groups in total. The molecule has 2 aromatic rings. The van der Waals surface area contributed by atoms with Crippen LogP contribution >= 0.6 is 0 Å². The van der Waals surface area contributed by atoms with E-state index in [0.717, 1.165) is 43.9 Å². The van der Waals surface area contributed by atoms with Crippen molar-refractivity contribution in [3.05, 3.63) is 34.9 Å². The summed E-state index contributed by atoms with van der Waals surface area (Å²) in [7, 11) is 2.18. The monoisotopic (exact) mass is 298 g/mol. The van der Waals surface area contributed by atoms with Crippen molar-refractivity contribution in [3.8, 4) is 0 Å². The second-order valence-electron chi connectivity index (χ2n) is 6.45. The van der Waals surface area contributed by atoms with Gasteiger partial charge in [-0.15, -0.1) is 0 Å². The first-order valence-electron chi connectivity index (χ1n) is 8.13. The van der Waals surface area contributed by atoms with Gasteiger partial charge in [0.15, 0.2) is 0 Å². The minimum Gasteiger partial charge on any atom is -0.354 e. The number of nitrogens with two attached hydrogens (primary N) is 1. The van der Waals surface area contributed by atoms with E-state index in [1.54, 1.807) is 0 Å². The Morgan fingerprint density at radius 1 is 1.09 bits per heavy atom. The quantitative estimate of drug-likeness (QED) is 0.942. The number of hydrogen-bond acceptors (Lipinski definition) is 4. The largest absolute Gasteiger partial charge is 0.354 e. The van der Waals surface area contributed by atoms with Crippen LogP contribution in [0.25, 0.3) is 10.9 Å². The van der Waals surface area contributed by atoms with E-state index >= 15 is 0 Å². The summed E-state index contributed by atoms with van der Waals surface area (Å²) in [5.41, 5.74) is 10.8. The maximum absolute atomic E-state index is 5.83. The van der Waals surface area contributed by atoms with Gasteiger partial charge in [0, 0.05) is 31.6 Å². The SMILES string of the molecule is Cc1cc(C)c2cc(CCN)c(N3CCN(C)CC3)nc2c1. The van der Waals surface area contributed by atoms with E-state index in [9.17, 15) is 0 Å². The fraction of sp³-hybridized carbons (Fsp3) is 0.500. The molecular weight excluding hydrogens is 272 g/mol. The van der Waals surface area contributed by atoms with Gasteiger partial charge >= 0.3 is 0 Å². The van der Waals surface area contributed by atoms with Gasteiger partial charge in [-0.25, -0.2) is 4.98 Å². The van der Waals surface area contributed by atoms with Gasteiger partial charge in [0.1, 0.15) is 5.82 Å². The number of hydrogen-bond donors (Lipinski definition) is 1. The molecule has 3 rings (SSSR count).